The second kappa shape index (κ2) is 7.99. The highest BCUT2D eigenvalue weighted by molar-refractivity contribution is 7.92. The monoisotopic (exact) mass is 500 g/mol. The summed E-state index contributed by atoms with van der Waals surface area (Å²) in [6, 6.07) is 10.2. The first-order chi connectivity index (χ1) is 15.8. The fraction of sp³-hybridized carbons (Fsp3) is 0. The predicted octanol–water partition coefficient (Wildman–Crippen LogP) is 3.49. The zero-order valence-electron chi connectivity index (χ0n) is 16.4. The molecule has 0 saturated heterocycles. The van der Waals surface area contributed by atoms with Crippen molar-refractivity contribution < 1.29 is 13.2 Å². The third-order valence-electron chi connectivity index (χ3n) is 4.74. The molecule has 5 aromatic rings. The first-order valence-electron chi connectivity index (χ1n) is 9.34. The summed E-state index contributed by atoms with van der Waals surface area (Å²) in [6.07, 6.45) is 4.48. The fourth-order valence-corrected chi connectivity index (χ4v) is 5.62. The highest BCUT2D eigenvalue weighted by Gasteiger charge is 2.20. The molecular formula is C20H13ClN6O4S2. The summed E-state index contributed by atoms with van der Waals surface area (Å²) in [7, 11) is -4.05. The van der Waals surface area contributed by atoms with Gasteiger partial charge in [0.25, 0.3) is 15.6 Å². The van der Waals surface area contributed by atoms with Crippen molar-refractivity contribution >= 4 is 66.5 Å². The van der Waals surface area contributed by atoms with Crippen molar-refractivity contribution in [3.8, 4) is 5.82 Å². The van der Waals surface area contributed by atoms with Gasteiger partial charge in [-0.1, -0.05) is 11.6 Å². The molecule has 0 saturated carbocycles. The number of fused-ring (bicyclic) bond motifs is 2. The average molecular weight is 501 g/mol. The number of carbonyl (C=O) groups excluding carboxylic acids is 1. The number of aromatic nitrogens is 4. The van der Waals surface area contributed by atoms with E-state index in [1.54, 1.807) is 24.7 Å². The van der Waals surface area contributed by atoms with Crippen LogP contribution in [0.2, 0.25) is 4.34 Å². The van der Waals surface area contributed by atoms with Gasteiger partial charge in [0.15, 0.2) is 0 Å². The van der Waals surface area contributed by atoms with Gasteiger partial charge in [0, 0.05) is 11.6 Å². The maximum atomic E-state index is 13.0. The van der Waals surface area contributed by atoms with E-state index in [1.807, 2.05) is 10.8 Å². The number of sulfonamides is 1. The Hall–Kier alpha value is -3.74. The number of H-pyrrole nitrogens is 1. The topological polar surface area (TPSA) is 139 Å². The molecule has 3 N–H and O–H groups in total. The molecule has 1 aromatic carbocycles. The Balaban J connectivity index is 1.36. The standard InChI is InChI=1S/C20H13ClN6O4S2/c21-16-2-4-18(32-16)33(30,31)26-20(29)25-12-1-3-17(22-9-12)27-6-5-11-7-14-15(24-10-23-14)8-13(11)19(27)28/h1-10H,(H,23,24)(H2,25,26,29). The molecule has 0 radical (unpaired) electrons. The van der Waals surface area contributed by atoms with E-state index in [0.717, 1.165) is 22.2 Å². The number of benzene rings is 1. The molecule has 0 fully saturated rings. The van der Waals surface area contributed by atoms with Gasteiger partial charge >= 0.3 is 6.03 Å². The second-order valence-corrected chi connectivity index (χ2v) is 10.5. The summed E-state index contributed by atoms with van der Waals surface area (Å²) < 4.78 is 27.9. The number of carbonyl (C=O) groups is 1. The van der Waals surface area contributed by atoms with E-state index in [4.69, 9.17) is 11.6 Å². The first kappa shape index (κ1) is 21.1. The van der Waals surface area contributed by atoms with Crippen molar-refractivity contribution in [2.45, 2.75) is 4.21 Å². The van der Waals surface area contributed by atoms with Gasteiger partial charge in [-0.3, -0.25) is 9.36 Å². The van der Waals surface area contributed by atoms with E-state index in [-0.39, 0.29) is 19.8 Å². The Morgan fingerprint density at radius 3 is 2.70 bits per heavy atom. The number of imidazole rings is 1. The summed E-state index contributed by atoms with van der Waals surface area (Å²) in [5.74, 6) is 0.329. The summed E-state index contributed by atoms with van der Waals surface area (Å²) in [5, 5.41) is 3.64. The maximum Gasteiger partial charge on any atom is 0.333 e. The zero-order chi connectivity index (χ0) is 23.2. The van der Waals surface area contributed by atoms with Gasteiger partial charge in [0.1, 0.15) is 10.0 Å². The zero-order valence-corrected chi connectivity index (χ0v) is 18.8. The molecule has 33 heavy (non-hydrogen) atoms. The highest BCUT2D eigenvalue weighted by Crippen LogP contribution is 2.25. The molecule has 13 heteroatoms. The lowest BCUT2D eigenvalue weighted by atomic mass is 10.1. The van der Waals surface area contributed by atoms with Crippen molar-refractivity contribution in [2.24, 2.45) is 0 Å². The molecular weight excluding hydrogens is 488 g/mol. The molecule has 166 valence electrons. The number of rotatable bonds is 4. The molecule has 0 aliphatic heterocycles. The number of pyridine rings is 2. The molecule has 0 atom stereocenters. The lowest BCUT2D eigenvalue weighted by molar-refractivity contribution is 0.256. The minimum Gasteiger partial charge on any atom is -0.345 e. The van der Waals surface area contributed by atoms with Crippen LogP contribution in [-0.4, -0.2) is 34.0 Å². The molecule has 2 amide bonds. The van der Waals surface area contributed by atoms with Crippen LogP contribution >= 0.6 is 22.9 Å². The van der Waals surface area contributed by atoms with Crippen LogP contribution in [0.4, 0.5) is 10.5 Å². The Morgan fingerprint density at radius 1 is 1.12 bits per heavy atom. The van der Waals surface area contributed by atoms with Crippen LogP contribution in [-0.2, 0) is 10.0 Å². The van der Waals surface area contributed by atoms with Crippen LogP contribution in [0.3, 0.4) is 0 Å². The number of nitrogens with zero attached hydrogens (tertiary/aromatic N) is 3. The second-order valence-electron chi connectivity index (χ2n) is 6.87. The number of hydrogen-bond acceptors (Lipinski definition) is 7. The number of urea groups is 1. The summed E-state index contributed by atoms with van der Waals surface area (Å²) >= 11 is 6.58. The highest BCUT2D eigenvalue weighted by atomic mass is 35.5. The number of nitrogens with one attached hydrogen (secondary N) is 3. The lowest BCUT2D eigenvalue weighted by Crippen LogP contribution is -2.34. The van der Waals surface area contributed by atoms with Crippen molar-refractivity contribution in [2.75, 3.05) is 5.32 Å². The van der Waals surface area contributed by atoms with Gasteiger partial charge in [-0.15, -0.1) is 11.3 Å². The summed E-state index contributed by atoms with van der Waals surface area (Å²) in [6.45, 7) is 0. The average Bonchev–Trinajstić information content (AvgIpc) is 3.42. The van der Waals surface area contributed by atoms with Crippen molar-refractivity contribution in [1.82, 2.24) is 24.2 Å². The fourth-order valence-electron chi connectivity index (χ4n) is 3.23. The van der Waals surface area contributed by atoms with Crippen LogP contribution in [0, 0.1) is 0 Å². The lowest BCUT2D eigenvalue weighted by Gasteiger charge is -2.09. The largest absolute Gasteiger partial charge is 0.345 e. The number of halogens is 1. The van der Waals surface area contributed by atoms with Crippen LogP contribution in [0.1, 0.15) is 0 Å². The Morgan fingerprint density at radius 2 is 1.97 bits per heavy atom. The SMILES string of the molecule is O=C(Nc1ccc(-n2ccc3cc4[nH]cnc4cc3c2=O)nc1)NS(=O)(=O)c1ccc(Cl)s1. The van der Waals surface area contributed by atoms with Gasteiger partial charge in [0.2, 0.25) is 0 Å². The third-order valence-corrected chi connectivity index (χ3v) is 7.79. The smallest absolute Gasteiger partial charge is 0.333 e. The van der Waals surface area contributed by atoms with E-state index >= 15 is 0 Å². The predicted molar refractivity (Wildman–Crippen MR) is 126 cm³/mol. The number of thiophene rings is 1. The molecule has 0 bridgehead atoms. The first-order valence-corrected chi connectivity index (χ1v) is 12.0. The molecule has 0 spiro atoms. The van der Waals surface area contributed by atoms with E-state index < -0.39 is 16.1 Å². The van der Waals surface area contributed by atoms with E-state index in [0.29, 0.717) is 16.7 Å². The van der Waals surface area contributed by atoms with Gasteiger partial charge < -0.3 is 10.3 Å². The normalized spacial score (nSPS) is 11.7. The molecule has 4 aromatic heterocycles. The summed E-state index contributed by atoms with van der Waals surface area (Å²) in [5.41, 5.74) is 1.47. The van der Waals surface area contributed by atoms with Crippen LogP contribution in [0.15, 0.2) is 70.2 Å². The summed E-state index contributed by atoms with van der Waals surface area (Å²) in [4.78, 5) is 36.5. The molecule has 0 aliphatic carbocycles. The maximum absolute atomic E-state index is 13.0. The van der Waals surface area contributed by atoms with Crippen LogP contribution in [0.25, 0.3) is 27.6 Å². The van der Waals surface area contributed by atoms with Gasteiger partial charge in [-0.05, 0) is 47.9 Å². The minimum absolute atomic E-state index is 0.0843. The van der Waals surface area contributed by atoms with Crippen LogP contribution < -0.4 is 15.6 Å². The third kappa shape index (κ3) is 4.06. The van der Waals surface area contributed by atoms with E-state index in [1.165, 1.54) is 35.0 Å². The molecule has 0 unspecified atom stereocenters. The van der Waals surface area contributed by atoms with Crippen LogP contribution in [0.5, 0.6) is 0 Å². The van der Waals surface area contributed by atoms with Crippen molar-refractivity contribution in [3.63, 3.8) is 0 Å². The van der Waals surface area contributed by atoms with Crippen molar-refractivity contribution in [1.29, 1.82) is 0 Å². The van der Waals surface area contributed by atoms with Gasteiger partial charge in [-0.2, -0.15) is 0 Å². The van der Waals surface area contributed by atoms with E-state index in [2.05, 4.69) is 20.3 Å². The minimum atomic E-state index is -4.05. The van der Waals surface area contributed by atoms with Gasteiger partial charge in [-0.25, -0.2) is 27.9 Å². The number of anilines is 1. The van der Waals surface area contributed by atoms with E-state index in [9.17, 15) is 18.0 Å². The molecule has 10 nitrogen and oxygen atoms in total. The number of amides is 2. The van der Waals surface area contributed by atoms with Gasteiger partial charge in [0.05, 0.1) is 33.6 Å². The quantitative estimate of drug-likeness (QED) is 0.345. The Labute approximate surface area is 194 Å². The Kier molecular flexibility index (Phi) is 5.12. The Bertz CT molecular complexity index is 1690. The molecule has 0 aliphatic rings. The number of aromatic amines is 1. The number of hydrogen-bond donors (Lipinski definition) is 3. The molecule has 4 heterocycles. The van der Waals surface area contributed by atoms with Crippen molar-refractivity contribution in [3.05, 3.63) is 75.9 Å². The molecule has 5 rings (SSSR count).